The second kappa shape index (κ2) is 8.73. The van der Waals surface area contributed by atoms with Crippen molar-refractivity contribution in [2.24, 2.45) is 0 Å². The lowest BCUT2D eigenvalue weighted by molar-refractivity contribution is -0.122. The minimum Gasteiger partial charge on any atom is -0.494 e. The smallest absolute Gasteiger partial charge is 0.257 e. The molecular weight excluding hydrogens is 368 g/mol. The van der Waals surface area contributed by atoms with Crippen molar-refractivity contribution in [3.05, 3.63) is 72.3 Å². The molecule has 0 saturated carbocycles. The molecule has 6 heteroatoms. The van der Waals surface area contributed by atoms with Crippen LogP contribution in [-0.2, 0) is 9.59 Å². The maximum atomic E-state index is 13.1. The third-order valence-electron chi connectivity index (χ3n) is 4.87. The van der Waals surface area contributed by atoms with Gasteiger partial charge in [0.2, 0.25) is 5.91 Å². The molecule has 150 valence electrons. The van der Waals surface area contributed by atoms with Gasteiger partial charge >= 0.3 is 0 Å². The third kappa shape index (κ3) is 4.06. The Morgan fingerprint density at radius 3 is 2.52 bits per heavy atom. The Bertz CT molecular complexity index is 936. The van der Waals surface area contributed by atoms with E-state index in [2.05, 4.69) is 6.58 Å². The maximum absolute atomic E-state index is 13.1. The van der Waals surface area contributed by atoms with Gasteiger partial charge in [-0.2, -0.15) is 0 Å². The van der Waals surface area contributed by atoms with Crippen molar-refractivity contribution in [2.45, 2.75) is 26.3 Å². The van der Waals surface area contributed by atoms with E-state index < -0.39 is 11.9 Å². The fourth-order valence-corrected chi connectivity index (χ4v) is 3.45. The molecule has 0 bridgehead atoms. The molecule has 1 saturated heterocycles. The van der Waals surface area contributed by atoms with Crippen LogP contribution in [0.5, 0.6) is 5.75 Å². The zero-order valence-electron chi connectivity index (χ0n) is 16.6. The highest BCUT2D eigenvalue weighted by atomic mass is 16.5. The number of hydrogen-bond donors (Lipinski definition) is 0. The number of aryl methyl sites for hydroxylation is 1. The predicted octanol–water partition coefficient (Wildman–Crippen LogP) is 3.35. The van der Waals surface area contributed by atoms with Gasteiger partial charge in [0.15, 0.2) is 0 Å². The average molecular weight is 392 g/mol. The van der Waals surface area contributed by atoms with Crippen LogP contribution in [-0.4, -0.2) is 41.8 Å². The van der Waals surface area contributed by atoms with Gasteiger partial charge in [0.1, 0.15) is 11.8 Å². The summed E-state index contributed by atoms with van der Waals surface area (Å²) in [4.78, 5) is 41.5. The lowest BCUT2D eigenvalue weighted by Gasteiger charge is -2.27. The van der Waals surface area contributed by atoms with Crippen LogP contribution in [0.2, 0.25) is 0 Å². The van der Waals surface area contributed by atoms with E-state index in [4.69, 9.17) is 4.74 Å². The highest BCUT2D eigenvalue weighted by Gasteiger charge is 2.44. The highest BCUT2D eigenvalue weighted by Crippen LogP contribution is 2.28. The lowest BCUT2D eigenvalue weighted by Crippen LogP contribution is -2.45. The number of amides is 3. The Labute approximate surface area is 170 Å². The second-order valence-electron chi connectivity index (χ2n) is 6.78. The van der Waals surface area contributed by atoms with Gasteiger partial charge in [0.05, 0.1) is 18.7 Å². The molecule has 6 nitrogen and oxygen atoms in total. The molecule has 1 fully saturated rings. The van der Waals surface area contributed by atoms with Gasteiger partial charge in [0, 0.05) is 12.1 Å². The molecule has 0 radical (unpaired) electrons. The van der Waals surface area contributed by atoms with E-state index in [1.165, 1.54) is 4.90 Å². The van der Waals surface area contributed by atoms with Crippen LogP contribution in [0.15, 0.2) is 61.2 Å². The van der Waals surface area contributed by atoms with Crippen molar-refractivity contribution in [1.82, 2.24) is 4.90 Å². The predicted molar refractivity (Wildman–Crippen MR) is 111 cm³/mol. The summed E-state index contributed by atoms with van der Waals surface area (Å²) in [5, 5.41) is 0. The largest absolute Gasteiger partial charge is 0.494 e. The van der Waals surface area contributed by atoms with Crippen molar-refractivity contribution in [2.75, 3.05) is 18.1 Å². The summed E-state index contributed by atoms with van der Waals surface area (Å²) in [6.45, 7) is 8.13. The molecule has 1 aliphatic heterocycles. The minimum absolute atomic E-state index is 0.0580. The summed E-state index contributed by atoms with van der Waals surface area (Å²) in [7, 11) is 0. The van der Waals surface area contributed by atoms with Gasteiger partial charge in [0.25, 0.3) is 11.8 Å². The fourth-order valence-electron chi connectivity index (χ4n) is 3.45. The Kier molecular flexibility index (Phi) is 6.12. The van der Waals surface area contributed by atoms with E-state index in [1.807, 2.05) is 26.0 Å². The third-order valence-corrected chi connectivity index (χ3v) is 4.87. The van der Waals surface area contributed by atoms with Gasteiger partial charge in [-0.15, -0.1) is 6.58 Å². The molecule has 1 aliphatic rings. The van der Waals surface area contributed by atoms with Crippen molar-refractivity contribution in [1.29, 1.82) is 0 Å². The van der Waals surface area contributed by atoms with Gasteiger partial charge in [-0.25, -0.2) is 4.90 Å². The van der Waals surface area contributed by atoms with Crippen LogP contribution in [0.4, 0.5) is 5.69 Å². The number of hydrogen-bond acceptors (Lipinski definition) is 4. The number of carbonyl (C=O) groups excluding carboxylic acids is 3. The van der Waals surface area contributed by atoms with Crippen LogP contribution < -0.4 is 9.64 Å². The first kappa shape index (κ1) is 20.3. The molecule has 2 aromatic rings. The Morgan fingerprint density at radius 2 is 1.90 bits per heavy atom. The Hall–Kier alpha value is -3.41. The van der Waals surface area contributed by atoms with Crippen LogP contribution in [0.1, 0.15) is 29.3 Å². The molecule has 1 unspecified atom stereocenters. The molecule has 3 rings (SSSR count). The number of imide groups is 1. The summed E-state index contributed by atoms with van der Waals surface area (Å²) in [6.07, 6.45) is 1.50. The van der Waals surface area contributed by atoms with E-state index in [9.17, 15) is 14.4 Å². The summed E-state index contributed by atoms with van der Waals surface area (Å²) < 4.78 is 5.41. The number of anilines is 1. The van der Waals surface area contributed by atoms with E-state index in [1.54, 1.807) is 42.5 Å². The quantitative estimate of drug-likeness (QED) is 0.535. The number of nitrogens with zero attached hydrogens (tertiary/aromatic N) is 2. The van der Waals surface area contributed by atoms with Gasteiger partial charge in [-0.1, -0.05) is 24.3 Å². The van der Waals surface area contributed by atoms with E-state index in [-0.39, 0.29) is 24.8 Å². The minimum atomic E-state index is -0.862. The Balaban J connectivity index is 1.88. The summed E-state index contributed by atoms with van der Waals surface area (Å²) in [6, 6.07) is 13.1. The molecule has 0 N–H and O–H groups in total. The molecule has 0 aromatic heterocycles. The fraction of sp³-hybridized carbons (Fsp3) is 0.261. The van der Waals surface area contributed by atoms with Crippen LogP contribution in [0.25, 0.3) is 0 Å². The van der Waals surface area contributed by atoms with Crippen LogP contribution in [0.3, 0.4) is 0 Å². The zero-order chi connectivity index (χ0) is 21.0. The van der Waals surface area contributed by atoms with Crippen molar-refractivity contribution < 1.29 is 19.1 Å². The zero-order valence-corrected chi connectivity index (χ0v) is 16.6. The first-order chi connectivity index (χ1) is 14.0. The normalized spacial score (nSPS) is 16.1. The molecule has 1 atom stereocenters. The van der Waals surface area contributed by atoms with Crippen LogP contribution >= 0.6 is 0 Å². The summed E-state index contributed by atoms with van der Waals surface area (Å²) in [5.41, 5.74) is 1.79. The maximum Gasteiger partial charge on any atom is 0.257 e. The van der Waals surface area contributed by atoms with Gasteiger partial charge in [-0.05, 0) is 49.7 Å². The van der Waals surface area contributed by atoms with E-state index in [0.29, 0.717) is 23.6 Å². The molecule has 0 spiro atoms. The standard InChI is InChI=1S/C23H24N2O4/c1-4-14-24(22(27)19-9-7-6-8-16(19)3)20-15-21(26)25(23(20)28)17-10-12-18(13-11-17)29-5-2/h4,6-13,20H,1,5,14-15H2,2-3H3. The lowest BCUT2D eigenvalue weighted by atomic mass is 10.1. The van der Waals surface area contributed by atoms with Crippen molar-refractivity contribution >= 4 is 23.4 Å². The molecule has 1 heterocycles. The summed E-state index contributed by atoms with van der Waals surface area (Å²) >= 11 is 0. The molecule has 29 heavy (non-hydrogen) atoms. The SMILES string of the molecule is C=CCN(C(=O)c1ccccc1C)C1CC(=O)N(c2ccc(OCC)cc2)C1=O. The Morgan fingerprint density at radius 1 is 1.21 bits per heavy atom. The molecule has 3 amide bonds. The van der Waals surface area contributed by atoms with E-state index in [0.717, 1.165) is 10.5 Å². The number of benzene rings is 2. The van der Waals surface area contributed by atoms with Gasteiger partial charge < -0.3 is 9.64 Å². The highest BCUT2D eigenvalue weighted by molar-refractivity contribution is 6.23. The summed E-state index contributed by atoms with van der Waals surface area (Å²) in [5.74, 6) is -0.378. The molecule has 2 aromatic carbocycles. The van der Waals surface area contributed by atoms with Crippen molar-refractivity contribution in [3.63, 3.8) is 0 Å². The first-order valence-corrected chi connectivity index (χ1v) is 9.55. The molecule has 0 aliphatic carbocycles. The first-order valence-electron chi connectivity index (χ1n) is 9.55. The van der Waals surface area contributed by atoms with Gasteiger partial charge in [-0.3, -0.25) is 14.4 Å². The number of rotatable bonds is 7. The topological polar surface area (TPSA) is 66.9 Å². The number of carbonyl (C=O) groups is 3. The number of ether oxygens (including phenoxy) is 1. The average Bonchev–Trinajstić information content (AvgIpc) is 3.01. The van der Waals surface area contributed by atoms with Crippen molar-refractivity contribution in [3.8, 4) is 5.75 Å². The second-order valence-corrected chi connectivity index (χ2v) is 6.78. The monoisotopic (exact) mass is 392 g/mol. The van der Waals surface area contributed by atoms with E-state index >= 15 is 0 Å². The van der Waals surface area contributed by atoms with Crippen LogP contribution in [0, 0.1) is 6.92 Å². The molecular formula is C23H24N2O4.